The third kappa shape index (κ3) is 3.16. The minimum absolute atomic E-state index is 0.0208. The Kier molecular flexibility index (Phi) is 4.37. The lowest BCUT2D eigenvalue weighted by Gasteiger charge is -2.34. The summed E-state index contributed by atoms with van der Waals surface area (Å²) in [6.45, 7) is 0.894. The van der Waals surface area contributed by atoms with Gasteiger partial charge in [0.2, 0.25) is 0 Å². The summed E-state index contributed by atoms with van der Waals surface area (Å²) in [5.41, 5.74) is 5.52. The Morgan fingerprint density at radius 3 is 2.55 bits per heavy atom. The first-order valence-electron chi connectivity index (χ1n) is 5.93. The van der Waals surface area contributed by atoms with Gasteiger partial charge in [0.1, 0.15) is 22.4 Å². The van der Waals surface area contributed by atoms with E-state index in [0.29, 0.717) is 3.79 Å². The number of hydrogen-bond acceptors (Lipinski definition) is 5. The van der Waals surface area contributed by atoms with Gasteiger partial charge in [0.15, 0.2) is 9.84 Å². The second kappa shape index (κ2) is 5.45. The van der Waals surface area contributed by atoms with Gasteiger partial charge in [-0.3, -0.25) is 4.99 Å². The molecule has 0 aromatic carbocycles. The van der Waals surface area contributed by atoms with E-state index in [1.165, 1.54) is 0 Å². The van der Waals surface area contributed by atoms with E-state index in [1.54, 1.807) is 0 Å². The van der Waals surface area contributed by atoms with Crippen LogP contribution in [0.1, 0.15) is 24.3 Å². The van der Waals surface area contributed by atoms with Gasteiger partial charge in [-0.25, -0.2) is 12.8 Å². The van der Waals surface area contributed by atoms with E-state index < -0.39 is 50.6 Å². The van der Waals surface area contributed by atoms with E-state index in [4.69, 9.17) is 5.73 Å². The van der Waals surface area contributed by atoms with Crippen LogP contribution in [0, 0.1) is 5.82 Å². The topological polar surface area (TPSA) is 72.5 Å². The van der Waals surface area contributed by atoms with Crippen LogP contribution in [0.25, 0.3) is 0 Å². The highest BCUT2D eigenvalue weighted by atomic mass is 79.9. The third-order valence-corrected chi connectivity index (χ3v) is 7.62. The summed E-state index contributed by atoms with van der Waals surface area (Å²) in [4.78, 5) is 3.85. The molecule has 11 heteroatoms. The zero-order valence-electron chi connectivity index (χ0n) is 11.1. The van der Waals surface area contributed by atoms with Crippen molar-refractivity contribution < 1.29 is 26.0 Å². The predicted molar refractivity (Wildman–Crippen MR) is 79.2 cm³/mol. The molecular formula is C11H11BrF4N2O2S2. The predicted octanol–water partition coefficient (Wildman–Crippen LogP) is 3.19. The fourth-order valence-corrected chi connectivity index (χ4v) is 5.60. The number of nitrogens with zero attached hydrogens (tertiary/aromatic N) is 1. The molecule has 0 aliphatic carbocycles. The lowest BCUT2D eigenvalue weighted by Crippen LogP contribution is -2.54. The Bertz CT molecular complexity index is 729. The van der Waals surface area contributed by atoms with Crippen LogP contribution in [-0.4, -0.2) is 30.9 Å². The molecule has 1 aliphatic heterocycles. The number of hydrogen-bond donors (Lipinski definition) is 1. The summed E-state index contributed by atoms with van der Waals surface area (Å²) in [5.74, 6) is -2.04. The molecule has 124 valence electrons. The van der Waals surface area contributed by atoms with Gasteiger partial charge in [0.25, 0.3) is 0 Å². The molecule has 0 bridgehead atoms. The van der Waals surface area contributed by atoms with Gasteiger partial charge in [-0.05, 0) is 28.9 Å². The fourth-order valence-electron chi connectivity index (χ4n) is 2.19. The van der Waals surface area contributed by atoms with Gasteiger partial charge in [0.05, 0.1) is 20.8 Å². The molecule has 0 saturated heterocycles. The second-order valence-electron chi connectivity index (χ2n) is 5.10. The Morgan fingerprint density at radius 2 is 2.14 bits per heavy atom. The average molecular weight is 423 g/mol. The van der Waals surface area contributed by atoms with Gasteiger partial charge < -0.3 is 5.73 Å². The quantitative estimate of drug-likeness (QED) is 0.743. The van der Waals surface area contributed by atoms with Crippen LogP contribution in [0.15, 0.2) is 14.8 Å². The Labute approximate surface area is 136 Å². The lowest BCUT2D eigenvalue weighted by molar-refractivity contribution is -0.136. The summed E-state index contributed by atoms with van der Waals surface area (Å²) in [6, 6.07) is 0.00425. The first-order valence-corrected chi connectivity index (χ1v) is 9.19. The lowest BCUT2D eigenvalue weighted by atomic mass is 10.0. The van der Waals surface area contributed by atoms with Gasteiger partial charge in [-0.1, -0.05) is 0 Å². The first-order chi connectivity index (χ1) is 9.86. The maximum atomic E-state index is 13.7. The fraction of sp³-hybridized carbons (Fsp3) is 0.545. The number of sulfone groups is 1. The van der Waals surface area contributed by atoms with Gasteiger partial charge in [-0.2, -0.15) is 13.2 Å². The molecule has 0 saturated carbocycles. The van der Waals surface area contributed by atoms with Crippen molar-refractivity contribution in [3.05, 3.63) is 20.5 Å². The molecule has 0 amide bonds. The molecule has 2 heterocycles. The standard InChI is InChI=1S/C11H11BrF4N2O2S2/c1-10(4-11(14,15)16)9(17)18-6(3-22(10,19)20)8-5(13)2-7(12)21-8/h2,6H,3-4H2,1H3,(H2,17,18). The van der Waals surface area contributed by atoms with Crippen LogP contribution in [0.5, 0.6) is 0 Å². The van der Waals surface area contributed by atoms with Crippen molar-refractivity contribution in [3.63, 3.8) is 0 Å². The van der Waals surface area contributed by atoms with Crippen LogP contribution in [0.3, 0.4) is 0 Å². The first kappa shape index (κ1) is 17.7. The number of thiophene rings is 1. The molecule has 2 N–H and O–H groups in total. The van der Waals surface area contributed by atoms with E-state index in [2.05, 4.69) is 20.9 Å². The summed E-state index contributed by atoms with van der Waals surface area (Å²) >= 11 is 3.99. The number of rotatable bonds is 2. The van der Waals surface area contributed by atoms with Gasteiger partial charge in [-0.15, -0.1) is 11.3 Å². The van der Waals surface area contributed by atoms with Crippen LogP contribution in [0.4, 0.5) is 17.6 Å². The molecule has 2 unspecified atom stereocenters. The van der Waals surface area contributed by atoms with Crippen LogP contribution >= 0.6 is 27.3 Å². The molecule has 1 aliphatic rings. The van der Waals surface area contributed by atoms with E-state index >= 15 is 0 Å². The smallest absolute Gasteiger partial charge is 0.386 e. The highest BCUT2D eigenvalue weighted by Crippen LogP contribution is 2.41. The number of aliphatic imine (C=N–C) groups is 1. The van der Waals surface area contributed by atoms with Crippen molar-refractivity contribution in [3.8, 4) is 0 Å². The van der Waals surface area contributed by atoms with Crippen molar-refractivity contribution in [1.29, 1.82) is 0 Å². The molecule has 2 rings (SSSR count). The highest BCUT2D eigenvalue weighted by molar-refractivity contribution is 9.11. The van der Waals surface area contributed by atoms with E-state index in [-0.39, 0.29) is 4.88 Å². The van der Waals surface area contributed by atoms with Crippen LogP contribution < -0.4 is 5.73 Å². The van der Waals surface area contributed by atoms with Gasteiger partial charge in [0, 0.05) is 0 Å². The summed E-state index contributed by atoms with van der Waals surface area (Å²) < 4.78 is 74.4. The Hall–Kier alpha value is -0.680. The van der Waals surface area contributed by atoms with E-state index in [9.17, 15) is 26.0 Å². The number of nitrogens with two attached hydrogens (primary N) is 1. The number of amidine groups is 1. The maximum absolute atomic E-state index is 13.7. The third-order valence-electron chi connectivity index (χ3n) is 3.42. The molecule has 0 radical (unpaired) electrons. The number of alkyl halides is 3. The van der Waals surface area contributed by atoms with Crippen molar-refractivity contribution in [2.24, 2.45) is 10.7 Å². The summed E-state index contributed by atoms with van der Waals surface area (Å²) in [5, 5.41) is 0. The summed E-state index contributed by atoms with van der Waals surface area (Å²) in [7, 11) is -4.26. The zero-order valence-corrected chi connectivity index (χ0v) is 14.3. The monoisotopic (exact) mass is 422 g/mol. The van der Waals surface area contributed by atoms with Crippen LogP contribution in [-0.2, 0) is 9.84 Å². The summed E-state index contributed by atoms with van der Waals surface area (Å²) in [6.07, 6.45) is -6.34. The van der Waals surface area contributed by atoms with Crippen molar-refractivity contribution in [2.75, 3.05) is 5.75 Å². The Morgan fingerprint density at radius 1 is 1.55 bits per heavy atom. The Balaban J connectivity index is 2.49. The molecule has 1 aromatic heterocycles. The van der Waals surface area contributed by atoms with Crippen molar-refractivity contribution >= 4 is 42.9 Å². The van der Waals surface area contributed by atoms with Crippen LogP contribution in [0.2, 0.25) is 0 Å². The maximum Gasteiger partial charge on any atom is 0.391 e. The van der Waals surface area contributed by atoms with Crippen molar-refractivity contribution in [1.82, 2.24) is 0 Å². The molecule has 0 spiro atoms. The largest absolute Gasteiger partial charge is 0.391 e. The average Bonchev–Trinajstić information content (AvgIpc) is 2.63. The minimum Gasteiger partial charge on any atom is -0.386 e. The minimum atomic E-state index is -4.72. The number of halogens is 5. The molecule has 2 atom stereocenters. The highest BCUT2D eigenvalue weighted by Gasteiger charge is 2.54. The molecule has 0 fully saturated rings. The SMILES string of the molecule is CC1(CC(F)(F)F)C(N)=NC(c2sc(Br)cc2F)CS1(=O)=O. The van der Waals surface area contributed by atoms with Gasteiger partial charge >= 0.3 is 6.18 Å². The second-order valence-corrected chi connectivity index (χ2v) is 10.0. The molecular weight excluding hydrogens is 412 g/mol. The zero-order chi connectivity index (χ0) is 16.9. The molecule has 22 heavy (non-hydrogen) atoms. The van der Waals surface area contributed by atoms with Crippen molar-refractivity contribution in [2.45, 2.75) is 30.3 Å². The molecule has 4 nitrogen and oxygen atoms in total. The molecule has 1 aromatic rings. The van der Waals surface area contributed by atoms with E-state index in [0.717, 1.165) is 24.3 Å². The van der Waals surface area contributed by atoms with E-state index in [1.807, 2.05) is 0 Å². The normalized spacial score (nSPS) is 28.5.